The molecule has 0 unspecified atom stereocenters. The highest BCUT2D eigenvalue weighted by Crippen LogP contribution is 2.35. The van der Waals surface area contributed by atoms with E-state index in [0.29, 0.717) is 18.7 Å². The molecule has 1 heterocycles. The van der Waals surface area contributed by atoms with Crippen LogP contribution in [0.2, 0.25) is 0 Å². The Balaban J connectivity index is 1.91. The summed E-state index contributed by atoms with van der Waals surface area (Å²) >= 11 is 0. The van der Waals surface area contributed by atoms with Crippen molar-refractivity contribution in [3.8, 4) is 11.5 Å². The minimum absolute atomic E-state index is 0.0573. The van der Waals surface area contributed by atoms with Crippen LogP contribution in [0.4, 0.5) is 11.4 Å². The van der Waals surface area contributed by atoms with Gasteiger partial charge in [0.05, 0.1) is 26.2 Å². The third-order valence-corrected chi connectivity index (χ3v) is 4.50. The molecule has 2 aromatic rings. The molecule has 2 aromatic carbocycles. The lowest BCUT2D eigenvalue weighted by Crippen LogP contribution is -2.36. The van der Waals surface area contributed by atoms with Crippen molar-refractivity contribution in [2.45, 2.75) is 32.9 Å². The van der Waals surface area contributed by atoms with Crippen LogP contribution in [0.5, 0.6) is 11.5 Å². The zero-order chi connectivity index (χ0) is 18.8. The van der Waals surface area contributed by atoms with Crippen LogP contribution in [0.1, 0.15) is 25.0 Å². The van der Waals surface area contributed by atoms with E-state index in [1.807, 2.05) is 74.1 Å². The van der Waals surface area contributed by atoms with Crippen molar-refractivity contribution < 1.29 is 14.3 Å². The van der Waals surface area contributed by atoms with E-state index in [-0.39, 0.29) is 12.0 Å². The molecule has 5 nitrogen and oxygen atoms in total. The number of carbonyl (C=O) groups excluding carboxylic acids is 1. The zero-order valence-corrected chi connectivity index (χ0v) is 16.1. The quantitative estimate of drug-likeness (QED) is 0.822. The van der Waals surface area contributed by atoms with Crippen molar-refractivity contribution in [2.75, 3.05) is 31.0 Å². The van der Waals surface area contributed by atoms with Gasteiger partial charge in [0.15, 0.2) is 11.5 Å². The average Bonchev–Trinajstić information content (AvgIpc) is 2.60. The number of fused-ring (bicyclic) bond motifs is 1. The minimum Gasteiger partial charge on any atom is -0.493 e. The van der Waals surface area contributed by atoms with Crippen LogP contribution in [0.15, 0.2) is 36.4 Å². The van der Waals surface area contributed by atoms with E-state index in [4.69, 9.17) is 9.47 Å². The van der Waals surface area contributed by atoms with E-state index < -0.39 is 0 Å². The molecule has 0 spiro atoms. The number of nitrogens with zero attached hydrogens (tertiary/aromatic N) is 2. The van der Waals surface area contributed by atoms with E-state index in [2.05, 4.69) is 0 Å². The summed E-state index contributed by atoms with van der Waals surface area (Å²) in [6.07, 6.45) is 0.421. The van der Waals surface area contributed by atoms with Gasteiger partial charge in [-0.15, -0.1) is 0 Å². The van der Waals surface area contributed by atoms with E-state index in [9.17, 15) is 4.79 Å². The predicted octanol–water partition coefficient (Wildman–Crippen LogP) is 3.64. The molecule has 0 saturated heterocycles. The molecule has 3 rings (SSSR count). The molecular formula is C21H26N2O3. The molecule has 0 aliphatic carbocycles. The van der Waals surface area contributed by atoms with Gasteiger partial charge in [-0.1, -0.05) is 0 Å². The first-order valence-corrected chi connectivity index (χ1v) is 8.83. The molecule has 0 N–H and O–H groups in total. The van der Waals surface area contributed by atoms with Gasteiger partial charge in [-0.05, 0) is 61.4 Å². The maximum absolute atomic E-state index is 12.7. The fraction of sp³-hybridized carbons (Fsp3) is 0.381. The normalized spacial score (nSPS) is 13.6. The molecule has 1 aliphatic heterocycles. The number of hydrogen-bond donors (Lipinski definition) is 0. The summed E-state index contributed by atoms with van der Waals surface area (Å²) < 4.78 is 11.3. The number of hydrogen-bond acceptors (Lipinski definition) is 4. The zero-order valence-electron chi connectivity index (χ0n) is 16.1. The summed E-state index contributed by atoms with van der Waals surface area (Å²) in [5, 5.41) is 0. The van der Waals surface area contributed by atoms with Crippen LogP contribution in [-0.4, -0.2) is 33.2 Å². The van der Waals surface area contributed by atoms with E-state index in [0.717, 1.165) is 28.3 Å². The molecular weight excluding hydrogens is 328 g/mol. The van der Waals surface area contributed by atoms with Crippen LogP contribution in [-0.2, 0) is 17.8 Å². The maximum atomic E-state index is 12.7. The number of anilines is 2. The van der Waals surface area contributed by atoms with Crippen molar-refractivity contribution in [2.24, 2.45) is 0 Å². The Morgan fingerprint density at radius 1 is 1.04 bits per heavy atom. The first-order chi connectivity index (χ1) is 12.4. The number of amides is 1. The van der Waals surface area contributed by atoms with Gasteiger partial charge in [0.25, 0.3) is 0 Å². The molecule has 0 radical (unpaired) electrons. The van der Waals surface area contributed by atoms with Gasteiger partial charge >= 0.3 is 0 Å². The number of ether oxygens (including phenoxy) is 2. The Morgan fingerprint density at radius 3 is 2.27 bits per heavy atom. The van der Waals surface area contributed by atoms with Crippen molar-refractivity contribution in [1.82, 2.24) is 0 Å². The van der Waals surface area contributed by atoms with E-state index in [1.165, 1.54) is 0 Å². The second-order valence-corrected chi connectivity index (χ2v) is 7.01. The Morgan fingerprint density at radius 2 is 1.69 bits per heavy atom. The Bertz CT molecular complexity index is 798. The number of carbonyl (C=O) groups is 1. The average molecular weight is 354 g/mol. The van der Waals surface area contributed by atoms with Crippen LogP contribution < -0.4 is 19.3 Å². The lowest BCUT2D eigenvalue weighted by atomic mass is 9.97. The van der Waals surface area contributed by atoms with Crippen molar-refractivity contribution >= 4 is 17.3 Å². The third kappa shape index (κ3) is 3.62. The third-order valence-electron chi connectivity index (χ3n) is 4.50. The van der Waals surface area contributed by atoms with E-state index in [1.54, 1.807) is 7.11 Å². The summed E-state index contributed by atoms with van der Waals surface area (Å²) in [4.78, 5) is 16.5. The fourth-order valence-electron chi connectivity index (χ4n) is 3.14. The first-order valence-electron chi connectivity index (χ1n) is 8.83. The Labute approximate surface area is 155 Å². The summed E-state index contributed by atoms with van der Waals surface area (Å²) in [6.45, 7) is 4.51. The highest BCUT2D eigenvalue weighted by atomic mass is 16.5. The summed E-state index contributed by atoms with van der Waals surface area (Å²) in [6, 6.07) is 12.0. The fourth-order valence-corrected chi connectivity index (χ4v) is 3.14. The van der Waals surface area contributed by atoms with Gasteiger partial charge in [0.1, 0.15) is 0 Å². The molecule has 0 saturated carbocycles. The highest BCUT2D eigenvalue weighted by Gasteiger charge is 2.26. The van der Waals surface area contributed by atoms with Gasteiger partial charge in [0, 0.05) is 25.5 Å². The summed E-state index contributed by atoms with van der Waals surface area (Å²) in [5.41, 5.74) is 4.12. The first kappa shape index (κ1) is 18.1. The maximum Gasteiger partial charge on any atom is 0.231 e. The monoisotopic (exact) mass is 354 g/mol. The van der Waals surface area contributed by atoms with Crippen LogP contribution in [0, 0.1) is 0 Å². The molecule has 138 valence electrons. The van der Waals surface area contributed by atoms with Gasteiger partial charge in [0.2, 0.25) is 5.91 Å². The lowest BCUT2D eigenvalue weighted by Gasteiger charge is -2.30. The number of rotatable bonds is 5. The topological polar surface area (TPSA) is 42.0 Å². The van der Waals surface area contributed by atoms with Crippen molar-refractivity contribution in [3.63, 3.8) is 0 Å². The molecule has 0 fully saturated rings. The number of methoxy groups -OCH3 is 1. The summed E-state index contributed by atoms with van der Waals surface area (Å²) in [7, 11) is 5.63. The molecule has 0 bridgehead atoms. The standard InChI is InChI=1S/C21H26N2O3/c1-14(2)26-20-11-16-13-23(18-8-6-17(7-9-18)22(3)4)21(24)12-15(16)10-19(20)25-5/h6-11,14H,12-13H2,1-5H3. The lowest BCUT2D eigenvalue weighted by molar-refractivity contribution is -0.118. The van der Waals surface area contributed by atoms with Gasteiger partial charge < -0.3 is 19.3 Å². The molecule has 1 aliphatic rings. The van der Waals surface area contributed by atoms with E-state index >= 15 is 0 Å². The van der Waals surface area contributed by atoms with Gasteiger partial charge in [-0.25, -0.2) is 0 Å². The number of benzene rings is 2. The molecule has 0 atom stereocenters. The Kier molecular flexibility index (Phi) is 5.07. The van der Waals surface area contributed by atoms with Crippen LogP contribution in [0.3, 0.4) is 0 Å². The van der Waals surface area contributed by atoms with Gasteiger partial charge in [-0.3, -0.25) is 4.79 Å². The molecule has 0 aromatic heterocycles. The Hall–Kier alpha value is -2.69. The van der Waals surface area contributed by atoms with Crippen molar-refractivity contribution in [1.29, 1.82) is 0 Å². The SMILES string of the molecule is COc1cc2c(cc1OC(C)C)CN(c1ccc(N(C)C)cc1)C(=O)C2. The molecule has 26 heavy (non-hydrogen) atoms. The highest BCUT2D eigenvalue weighted by molar-refractivity contribution is 5.96. The second-order valence-electron chi connectivity index (χ2n) is 7.01. The smallest absolute Gasteiger partial charge is 0.231 e. The predicted molar refractivity (Wildman–Crippen MR) is 104 cm³/mol. The molecule has 1 amide bonds. The van der Waals surface area contributed by atoms with Crippen LogP contribution >= 0.6 is 0 Å². The van der Waals surface area contributed by atoms with Gasteiger partial charge in [-0.2, -0.15) is 0 Å². The summed E-state index contributed by atoms with van der Waals surface area (Å²) in [5.74, 6) is 1.49. The van der Waals surface area contributed by atoms with Crippen LogP contribution in [0.25, 0.3) is 0 Å². The largest absolute Gasteiger partial charge is 0.493 e. The molecule has 5 heteroatoms. The minimum atomic E-state index is 0.0573. The second kappa shape index (κ2) is 7.28. The van der Waals surface area contributed by atoms with Crippen molar-refractivity contribution in [3.05, 3.63) is 47.5 Å².